The first-order chi connectivity index (χ1) is 12.7. The first-order valence-corrected chi connectivity index (χ1v) is 8.18. The maximum atomic E-state index is 11.7. The minimum absolute atomic E-state index is 0.381. The third-order valence-electron chi connectivity index (χ3n) is 3.38. The summed E-state index contributed by atoms with van der Waals surface area (Å²) in [5.41, 5.74) is 4.06. The highest BCUT2D eigenvalue weighted by Crippen LogP contribution is 2.10. The Morgan fingerprint density at radius 2 is 1.77 bits per heavy atom. The van der Waals surface area contributed by atoms with E-state index in [-0.39, 0.29) is 0 Å². The average molecular weight is 351 g/mol. The SMILES string of the molecule is C=CCOc1ccc(/C=N\NC(=O)C(=O)NCCc2ccccc2)cc1. The Hall–Kier alpha value is -3.41. The van der Waals surface area contributed by atoms with Crippen LogP contribution in [0.25, 0.3) is 0 Å². The summed E-state index contributed by atoms with van der Waals surface area (Å²) in [5.74, 6) is -0.810. The summed E-state index contributed by atoms with van der Waals surface area (Å²) in [6.07, 6.45) is 3.77. The molecule has 134 valence electrons. The number of benzene rings is 2. The fraction of sp³-hybridized carbons (Fsp3) is 0.150. The molecule has 0 aliphatic rings. The summed E-state index contributed by atoms with van der Waals surface area (Å²) in [7, 11) is 0. The molecular formula is C20H21N3O3. The summed E-state index contributed by atoms with van der Waals surface area (Å²) in [4.78, 5) is 23.4. The van der Waals surface area contributed by atoms with E-state index < -0.39 is 11.8 Å². The normalized spacial score (nSPS) is 10.3. The van der Waals surface area contributed by atoms with Gasteiger partial charge in [0.2, 0.25) is 0 Å². The highest BCUT2D eigenvalue weighted by Gasteiger charge is 2.11. The monoisotopic (exact) mass is 351 g/mol. The fourth-order valence-electron chi connectivity index (χ4n) is 2.07. The van der Waals surface area contributed by atoms with Crippen LogP contribution in [0.5, 0.6) is 5.75 Å². The van der Waals surface area contributed by atoms with Gasteiger partial charge in [-0.2, -0.15) is 5.10 Å². The Kier molecular flexibility index (Phi) is 7.61. The van der Waals surface area contributed by atoms with Crippen LogP contribution in [-0.2, 0) is 16.0 Å². The van der Waals surface area contributed by atoms with Gasteiger partial charge in [-0.1, -0.05) is 43.0 Å². The van der Waals surface area contributed by atoms with Gasteiger partial charge in [0.25, 0.3) is 0 Å². The smallest absolute Gasteiger partial charge is 0.329 e. The zero-order chi connectivity index (χ0) is 18.6. The van der Waals surface area contributed by atoms with Crippen molar-refractivity contribution >= 4 is 18.0 Å². The van der Waals surface area contributed by atoms with E-state index in [1.54, 1.807) is 30.3 Å². The number of nitrogens with one attached hydrogen (secondary N) is 2. The molecule has 0 heterocycles. The Bertz CT molecular complexity index is 756. The summed E-state index contributed by atoms with van der Waals surface area (Å²) in [6.45, 7) is 4.39. The van der Waals surface area contributed by atoms with E-state index in [2.05, 4.69) is 22.4 Å². The molecule has 2 aromatic carbocycles. The molecule has 2 N–H and O–H groups in total. The molecule has 0 saturated carbocycles. The van der Waals surface area contributed by atoms with Gasteiger partial charge < -0.3 is 10.1 Å². The third-order valence-corrected chi connectivity index (χ3v) is 3.38. The summed E-state index contributed by atoms with van der Waals surface area (Å²) >= 11 is 0. The van der Waals surface area contributed by atoms with Gasteiger partial charge in [-0.25, -0.2) is 5.43 Å². The second-order valence-electron chi connectivity index (χ2n) is 5.36. The lowest BCUT2D eigenvalue weighted by Gasteiger charge is -2.04. The predicted molar refractivity (Wildman–Crippen MR) is 101 cm³/mol. The molecule has 2 amide bonds. The molecule has 0 spiro atoms. The minimum Gasteiger partial charge on any atom is -0.490 e. The van der Waals surface area contributed by atoms with Gasteiger partial charge in [-0.05, 0) is 41.8 Å². The average Bonchev–Trinajstić information content (AvgIpc) is 2.68. The van der Waals surface area contributed by atoms with Gasteiger partial charge in [-0.15, -0.1) is 0 Å². The Balaban J connectivity index is 1.72. The summed E-state index contributed by atoms with van der Waals surface area (Å²) in [6, 6.07) is 16.8. The van der Waals surface area contributed by atoms with Crippen LogP contribution in [0.4, 0.5) is 0 Å². The third kappa shape index (κ3) is 6.60. The molecule has 2 rings (SSSR count). The standard InChI is InChI=1S/C20H21N3O3/c1-2-14-26-18-10-8-17(9-11-18)15-22-23-20(25)19(24)21-13-12-16-6-4-3-5-7-16/h2-11,15H,1,12-14H2,(H,21,24)(H,23,25)/b22-15-. The number of hydrogen-bond donors (Lipinski definition) is 2. The van der Waals surface area contributed by atoms with Crippen LogP contribution >= 0.6 is 0 Å². The number of nitrogens with zero attached hydrogens (tertiary/aromatic N) is 1. The van der Waals surface area contributed by atoms with Crippen LogP contribution in [0, 0.1) is 0 Å². The molecule has 6 heteroatoms. The Labute approximate surface area is 152 Å². The van der Waals surface area contributed by atoms with E-state index >= 15 is 0 Å². The molecule has 0 aliphatic carbocycles. The number of rotatable bonds is 8. The van der Waals surface area contributed by atoms with Gasteiger partial charge in [0.05, 0.1) is 6.21 Å². The molecule has 0 aromatic heterocycles. The van der Waals surface area contributed by atoms with E-state index in [1.807, 2.05) is 30.3 Å². The number of ether oxygens (including phenoxy) is 1. The van der Waals surface area contributed by atoms with E-state index in [4.69, 9.17) is 4.74 Å². The van der Waals surface area contributed by atoms with E-state index in [9.17, 15) is 9.59 Å². The Morgan fingerprint density at radius 1 is 1.04 bits per heavy atom. The molecule has 26 heavy (non-hydrogen) atoms. The number of amides is 2. The van der Waals surface area contributed by atoms with Crippen molar-refractivity contribution in [1.29, 1.82) is 0 Å². The van der Waals surface area contributed by atoms with E-state index in [1.165, 1.54) is 6.21 Å². The van der Waals surface area contributed by atoms with Crippen molar-refractivity contribution < 1.29 is 14.3 Å². The van der Waals surface area contributed by atoms with E-state index in [0.717, 1.165) is 11.1 Å². The fourth-order valence-corrected chi connectivity index (χ4v) is 2.07. The number of carbonyl (C=O) groups is 2. The van der Waals surface area contributed by atoms with Gasteiger partial charge in [0, 0.05) is 6.54 Å². The Morgan fingerprint density at radius 3 is 2.46 bits per heavy atom. The first-order valence-electron chi connectivity index (χ1n) is 8.18. The van der Waals surface area contributed by atoms with E-state index in [0.29, 0.717) is 25.3 Å². The van der Waals surface area contributed by atoms with Crippen molar-refractivity contribution in [2.75, 3.05) is 13.2 Å². The lowest BCUT2D eigenvalue weighted by Crippen LogP contribution is -2.38. The highest BCUT2D eigenvalue weighted by atomic mass is 16.5. The molecule has 0 bridgehead atoms. The maximum absolute atomic E-state index is 11.7. The topological polar surface area (TPSA) is 79.8 Å². The van der Waals surface area contributed by atoms with Crippen LogP contribution in [0.15, 0.2) is 72.4 Å². The maximum Gasteiger partial charge on any atom is 0.329 e. The van der Waals surface area contributed by atoms with Gasteiger partial charge in [-0.3, -0.25) is 9.59 Å². The molecule has 0 radical (unpaired) electrons. The minimum atomic E-state index is -0.805. The van der Waals surface area contributed by atoms with Crippen molar-refractivity contribution in [2.45, 2.75) is 6.42 Å². The zero-order valence-corrected chi connectivity index (χ0v) is 14.4. The van der Waals surface area contributed by atoms with Crippen molar-refractivity contribution in [1.82, 2.24) is 10.7 Å². The molecule has 2 aromatic rings. The molecule has 0 fully saturated rings. The lowest BCUT2D eigenvalue weighted by atomic mass is 10.1. The highest BCUT2D eigenvalue weighted by molar-refractivity contribution is 6.35. The molecule has 6 nitrogen and oxygen atoms in total. The van der Waals surface area contributed by atoms with Crippen LogP contribution in [0.2, 0.25) is 0 Å². The number of carbonyl (C=O) groups excluding carboxylic acids is 2. The van der Waals surface area contributed by atoms with Crippen molar-refractivity contribution in [3.05, 3.63) is 78.4 Å². The van der Waals surface area contributed by atoms with Gasteiger partial charge in [0.1, 0.15) is 12.4 Å². The van der Waals surface area contributed by atoms with Crippen molar-refractivity contribution in [2.24, 2.45) is 5.10 Å². The number of hydrazone groups is 1. The van der Waals surface area contributed by atoms with Crippen molar-refractivity contribution in [3.63, 3.8) is 0 Å². The zero-order valence-electron chi connectivity index (χ0n) is 14.4. The molecule has 0 unspecified atom stereocenters. The molecule has 0 atom stereocenters. The van der Waals surface area contributed by atoms with Crippen molar-refractivity contribution in [3.8, 4) is 5.75 Å². The predicted octanol–water partition coefficient (Wildman–Crippen LogP) is 2.06. The first kappa shape index (κ1) is 18.9. The number of hydrogen-bond acceptors (Lipinski definition) is 4. The van der Waals surface area contributed by atoms with Crippen LogP contribution in [-0.4, -0.2) is 31.2 Å². The quantitative estimate of drug-likeness (QED) is 0.331. The molecule has 0 aliphatic heterocycles. The van der Waals surface area contributed by atoms with Gasteiger partial charge in [0.15, 0.2) is 0 Å². The largest absolute Gasteiger partial charge is 0.490 e. The molecular weight excluding hydrogens is 330 g/mol. The lowest BCUT2D eigenvalue weighted by molar-refractivity contribution is -0.139. The van der Waals surface area contributed by atoms with Gasteiger partial charge >= 0.3 is 11.8 Å². The summed E-state index contributed by atoms with van der Waals surface area (Å²) < 4.78 is 5.37. The van der Waals surface area contributed by atoms with Crippen LogP contribution in [0.1, 0.15) is 11.1 Å². The van der Waals surface area contributed by atoms with Crippen LogP contribution < -0.4 is 15.5 Å². The molecule has 0 saturated heterocycles. The second kappa shape index (κ2) is 10.5. The van der Waals surface area contributed by atoms with Crippen LogP contribution in [0.3, 0.4) is 0 Å². The second-order valence-corrected chi connectivity index (χ2v) is 5.36. The summed E-state index contributed by atoms with van der Waals surface area (Å²) in [5, 5.41) is 6.34.